The number of carbonyl (C=O) groups is 1. The quantitative estimate of drug-likeness (QED) is 0.926. The van der Waals surface area contributed by atoms with Crippen LogP contribution in [-0.4, -0.2) is 29.1 Å². The lowest BCUT2D eigenvalue weighted by atomic mass is 9.90. The highest BCUT2D eigenvalue weighted by Crippen LogP contribution is 2.24. The van der Waals surface area contributed by atoms with Gasteiger partial charge < -0.3 is 5.11 Å². The van der Waals surface area contributed by atoms with Gasteiger partial charge in [0.25, 0.3) is 0 Å². The van der Waals surface area contributed by atoms with Gasteiger partial charge in [-0.05, 0) is 30.5 Å². The lowest BCUT2D eigenvalue weighted by molar-refractivity contribution is -0.144. The molecule has 0 aromatic heterocycles. The number of aliphatic carboxylic acids is 1. The third-order valence-electron chi connectivity index (χ3n) is 3.49. The topological polar surface area (TPSA) is 40.5 Å². The van der Waals surface area contributed by atoms with E-state index in [0.29, 0.717) is 31.0 Å². The summed E-state index contributed by atoms with van der Waals surface area (Å²) in [6.45, 7) is 3.81. The second-order valence-corrected chi connectivity index (χ2v) is 6.22. The molecule has 0 saturated carbocycles. The standard InChI is InChI=1S/C14H17BrFNO2/c1-9-4-11(14(18)19)8-17(6-9)7-10-5-12(15)2-3-13(10)16/h2-3,5,9,11H,4,6-8H2,1H3,(H,18,19). The van der Waals surface area contributed by atoms with Crippen molar-refractivity contribution in [2.45, 2.75) is 19.9 Å². The summed E-state index contributed by atoms with van der Waals surface area (Å²) in [5, 5.41) is 9.13. The van der Waals surface area contributed by atoms with E-state index in [2.05, 4.69) is 15.9 Å². The van der Waals surface area contributed by atoms with Crippen molar-refractivity contribution in [3.05, 3.63) is 34.1 Å². The average molecular weight is 330 g/mol. The molecule has 1 fully saturated rings. The molecule has 2 rings (SSSR count). The molecule has 1 saturated heterocycles. The predicted molar refractivity (Wildman–Crippen MR) is 74.3 cm³/mol. The average Bonchev–Trinajstić information content (AvgIpc) is 2.33. The number of nitrogens with zero attached hydrogens (tertiary/aromatic N) is 1. The summed E-state index contributed by atoms with van der Waals surface area (Å²) in [4.78, 5) is 13.1. The van der Waals surface area contributed by atoms with E-state index in [-0.39, 0.29) is 11.7 Å². The Balaban J connectivity index is 2.09. The molecule has 2 atom stereocenters. The SMILES string of the molecule is CC1CC(C(=O)O)CN(Cc2cc(Br)ccc2F)C1. The van der Waals surface area contributed by atoms with Gasteiger partial charge in [0.15, 0.2) is 0 Å². The summed E-state index contributed by atoms with van der Waals surface area (Å²) in [6.07, 6.45) is 0.701. The van der Waals surface area contributed by atoms with E-state index >= 15 is 0 Å². The molecule has 1 N–H and O–H groups in total. The van der Waals surface area contributed by atoms with E-state index in [1.807, 2.05) is 11.8 Å². The van der Waals surface area contributed by atoms with Gasteiger partial charge in [0.2, 0.25) is 0 Å². The molecule has 0 radical (unpaired) electrons. The van der Waals surface area contributed by atoms with Crippen LogP contribution in [0.15, 0.2) is 22.7 Å². The Labute approximate surface area is 120 Å². The molecule has 0 bridgehead atoms. The van der Waals surface area contributed by atoms with Gasteiger partial charge in [0.1, 0.15) is 5.82 Å². The number of piperidine rings is 1. The highest BCUT2D eigenvalue weighted by molar-refractivity contribution is 9.10. The van der Waals surface area contributed by atoms with Gasteiger partial charge in [-0.25, -0.2) is 4.39 Å². The molecule has 5 heteroatoms. The largest absolute Gasteiger partial charge is 0.481 e. The fraction of sp³-hybridized carbons (Fsp3) is 0.500. The van der Waals surface area contributed by atoms with E-state index in [9.17, 15) is 9.18 Å². The molecule has 19 heavy (non-hydrogen) atoms. The molecule has 2 unspecified atom stereocenters. The lowest BCUT2D eigenvalue weighted by Crippen LogP contribution is -2.42. The molecule has 0 aliphatic carbocycles. The number of benzene rings is 1. The summed E-state index contributed by atoms with van der Waals surface area (Å²) in [5.74, 6) is -1.02. The molecule has 1 aromatic carbocycles. The second-order valence-electron chi connectivity index (χ2n) is 5.31. The molecule has 1 aliphatic heterocycles. The highest BCUT2D eigenvalue weighted by Gasteiger charge is 2.29. The summed E-state index contributed by atoms with van der Waals surface area (Å²) >= 11 is 3.33. The number of carboxylic acids is 1. The van der Waals surface area contributed by atoms with E-state index in [4.69, 9.17) is 5.11 Å². The van der Waals surface area contributed by atoms with Gasteiger partial charge in [0.05, 0.1) is 5.92 Å². The number of hydrogen-bond donors (Lipinski definition) is 1. The minimum atomic E-state index is -0.758. The van der Waals surface area contributed by atoms with Gasteiger partial charge >= 0.3 is 5.97 Å². The van der Waals surface area contributed by atoms with Crippen LogP contribution in [0.1, 0.15) is 18.9 Å². The van der Waals surface area contributed by atoms with Crippen molar-refractivity contribution in [3.63, 3.8) is 0 Å². The van der Waals surface area contributed by atoms with Crippen LogP contribution in [0.2, 0.25) is 0 Å². The van der Waals surface area contributed by atoms with Crippen molar-refractivity contribution in [2.24, 2.45) is 11.8 Å². The Morgan fingerprint density at radius 3 is 2.95 bits per heavy atom. The number of carboxylic acid groups (broad SMARTS) is 1. The third kappa shape index (κ3) is 3.76. The van der Waals surface area contributed by atoms with Crippen molar-refractivity contribution < 1.29 is 14.3 Å². The van der Waals surface area contributed by atoms with E-state index in [1.165, 1.54) is 6.07 Å². The van der Waals surface area contributed by atoms with Crippen LogP contribution in [0.4, 0.5) is 4.39 Å². The zero-order valence-electron chi connectivity index (χ0n) is 10.8. The van der Waals surface area contributed by atoms with Crippen LogP contribution in [0, 0.1) is 17.7 Å². The van der Waals surface area contributed by atoms with E-state index in [1.54, 1.807) is 12.1 Å². The van der Waals surface area contributed by atoms with Crippen LogP contribution in [0.3, 0.4) is 0 Å². The zero-order valence-corrected chi connectivity index (χ0v) is 12.4. The Bertz CT molecular complexity index is 481. The maximum atomic E-state index is 13.7. The van der Waals surface area contributed by atoms with Gasteiger partial charge in [0, 0.05) is 29.7 Å². The van der Waals surface area contributed by atoms with Crippen LogP contribution < -0.4 is 0 Å². The predicted octanol–water partition coefficient (Wildman–Crippen LogP) is 3.13. The fourth-order valence-electron chi connectivity index (χ4n) is 2.68. The molecule has 104 valence electrons. The monoisotopic (exact) mass is 329 g/mol. The van der Waals surface area contributed by atoms with Crippen LogP contribution in [-0.2, 0) is 11.3 Å². The van der Waals surface area contributed by atoms with E-state index < -0.39 is 5.97 Å². The first kappa shape index (κ1) is 14.5. The Morgan fingerprint density at radius 2 is 2.26 bits per heavy atom. The normalized spacial score (nSPS) is 24.4. The molecule has 1 heterocycles. The molecular formula is C14H17BrFNO2. The Morgan fingerprint density at radius 1 is 1.53 bits per heavy atom. The summed E-state index contributed by atoms with van der Waals surface area (Å²) in [7, 11) is 0. The smallest absolute Gasteiger partial charge is 0.307 e. The van der Waals surface area contributed by atoms with Gasteiger partial charge in [-0.2, -0.15) is 0 Å². The minimum Gasteiger partial charge on any atom is -0.481 e. The maximum Gasteiger partial charge on any atom is 0.307 e. The van der Waals surface area contributed by atoms with Crippen molar-refractivity contribution in [3.8, 4) is 0 Å². The third-order valence-corrected chi connectivity index (χ3v) is 3.98. The molecule has 1 aliphatic rings. The molecule has 3 nitrogen and oxygen atoms in total. The lowest BCUT2D eigenvalue weighted by Gasteiger charge is -2.34. The number of halogens is 2. The van der Waals surface area contributed by atoms with Gasteiger partial charge in [-0.15, -0.1) is 0 Å². The van der Waals surface area contributed by atoms with Crippen LogP contribution in [0.25, 0.3) is 0 Å². The second kappa shape index (κ2) is 6.01. The first-order valence-corrected chi connectivity index (χ1v) is 7.14. The van der Waals surface area contributed by atoms with Crippen molar-refractivity contribution in [1.82, 2.24) is 4.90 Å². The summed E-state index contributed by atoms with van der Waals surface area (Å²) in [5.41, 5.74) is 0.604. The van der Waals surface area contributed by atoms with E-state index in [0.717, 1.165) is 11.0 Å². The zero-order chi connectivity index (χ0) is 14.0. The number of hydrogen-bond acceptors (Lipinski definition) is 2. The van der Waals surface area contributed by atoms with Crippen molar-refractivity contribution >= 4 is 21.9 Å². The summed E-state index contributed by atoms with van der Waals surface area (Å²) in [6, 6.07) is 4.85. The fourth-order valence-corrected chi connectivity index (χ4v) is 3.08. The van der Waals surface area contributed by atoms with Crippen molar-refractivity contribution in [2.75, 3.05) is 13.1 Å². The Hall–Kier alpha value is -0.940. The highest BCUT2D eigenvalue weighted by atomic mass is 79.9. The van der Waals surface area contributed by atoms with Crippen molar-refractivity contribution in [1.29, 1.82) is 0 Å². The van der Waals surface area contributed by atoms with Crippen LogP contribution in [0.5, 0.6) is 0 Å². The molecular weight excluding hydrogens is 313 g/mol. The molecule has 0 spiro atoms. The van der Waals surface area contributed by atoms with Crippen LogP contribution >= 0.6 is 15.9 Å². The first-order valence-electron chi connectivity index (χ1n) is 6.34. The number of rotatable bonds is 3. The number of likely N-dealkylation sites (tertiary alicyclic amines) is 1. The van der Waals surface area contributed by atoms with Gasteiger partial charge in [-0.1, -0.05) is 22.9 Å². The maximum absolute atomic E-state index is 13.7. The molecule has 0 amide bonds. The molecule has 1 aromatic rings. The first-order chi connectivity index (χ1) is 8.95. The summed E-state index contributed by atoms with van der Waals surface area (Å²) < 4.78 is 14.6. The minimum absolute atomic E-state index is 0.242. The Kier molecular flexibility index (Phi) is 4.58. The van der Waals surface area contributed by atoms with Gasteiger partial charge in [-0.3, -0.25) is 9.69 Å².